The number of carboxylic acid groups (broad SMARTS) is 1. The SMILES string of the molecule is CCCCCCOc1ccc(-c2cnc(-c3ccc(CC(NC)C(=O)O)cc3)nc2)cn1. The molecule has 3 rings (SSSR count). The van der Waals surface area contributed by atoms with Crippen LogP contribution in [-0.4, -0.2) is 45.7 Å². The van der Waals surface area contributed by atoms with E-state index in [0.29, 0.717) is 24.7 Å². The largest absolute Gasteiger partial charge is 0.480 e. The molecule has 2 N–H and O–H groups in total. The molecule has 2 heterocycles. The number of nitrogens with zero attached hydrogens (tertiary/aromatic N) is 3. The number of carboxylic acids is 1. The number of hydrogen-bond acceptors (Lipinski definition) is 6. The summed E-state index contributed by atoms with van der Waals surface area (Å²) in [6.07, 6.45) is 10.4. The van der Waals surface area contributed by atoms with Gasteiger partial charge in [-0.15, -0.1) is 0 Å². The van der Waals surface area contributed by atoms with Crippen molar-refractivity contribution in [3.63, 3.8) is 0 Å². The monoisotopic (exact) mass is 434 g/mol. The van der Waals surface area contributed by atoms with Crippen molar-refractivity contribution in [1.82, 2.24) is 20.3 Å². The number of pyridine rings is 1. The van der Waals surface area contributed by atoms with Crippen LogP contribution in [0.5, 0.6) is 5.88 Å². The first kappa shape index (κ1) is 23.3. The molecule has 0 spiro atoms. The van der Waals surface area contributed by atoms with Gasteiger partial charge in [-0.2, -0.15) is 0 Å². The fourth-order valence-corrected chi connectivity index (χ4v) is 3.31. The van der Waals surface area contributed by atoms with Crippen LogP contribution in [-0.2, 0) is 11.2 Å². The Kier molecular flexibility index (Phi) is 8.69. The molecule has 0 radical (unpaired) electrons. The minimum Gasteiger partial charge on any atom is -0.480 e. The highest BCUT2D eigenvalue weighted by atomic mass is 16.5. The lowest BCUT2D eigenvalue weighted by Crippen LogP contribution is -2.35. The molecular formula is C25H30N4O3. The second-order valence-electron chi connectivity index (χ2n) is 7.67. The normalized spacial score (nSPS) is 11.8. The summed E-state index contributed by atoms with van der Waals surface area (Å²) in [5.41, 5.74) is 3.62. The Hall–Kier alpha value is -3.32. The van der Waals surface area contributed by atoms with Gasteiger partial charge in [0.2, 0.25) is 5.88 Å². The Labute approximate surface area is 188 Å². The maximum Gasteiger partial charge on any atom is 0.321 e. The molecule has 0 aliphatic heterocycles. The summed E-state index contributed by atoms with van der Waals surface area (Å²) in [6.45, 7) is 2.88. The van der Waals surface area contributed by atoms with Gasteiger partial charge in [-0.05, 0) is 31.5 Å². The molecule has 0 aliphatic rings. The Balaban J connectivity index is 1.59. The lowest BCUT2D eigenvalue weighted by Gasteiger charge is -2.11. The number of ether oxygens (including phenoxy) is 1. The van der Waals surface area contributed by atoms with Crippen LogP contribution in [0.25, 0.3) is 22.5 Å². The van der Waals surface area contributed by atoms with Gasteiger partial charge in [0, 0.05) is 41.3 Å². The lowest BCUT2D eigenvalue weighted by molar-refractivity contribution is -0.139. The van der Waals surface area contributed by atoms with Crippen LogP contribution in [0.2, 0.25) is 0 Å². The van der Waals surface area contributed by atoms with E-state index in [1.165, 1.54) is 19.3 Å². The Bertz CT molecular complexity index is 974. The van der Waals surface area contributed by atoms with E-state index in [1.807, 2.05) is 36.4 Å². The topological polar surface area (TPSA) is 97.2 Å². The fraction of sp³-hybridized carbons (Fsp3) is 0.360. The highest BCUT2D eigenvalue weighted by molar-refractivity contribution is 5.74. The lowest BCUT2D eigenvalue weighted by atomic mass is 10.0. The summed E-state index contributed by atoms with van der Waals surface area (Å²) in [6, 6.07) is 10.9. The first-order valence-corrected chi connectivity index (χ1v) is 11.0. The third-order valence-electron chi connectivity index (χ3n) is 5.27. The Morgan fingerprint density at radius 2 is 1.62 bits per heavy atom. The summed E-state index contributed by atoms with van der Waals surface area (Å²) in [5.74, 6) is 0.381. The second-order valence-corrected chi connectivity index (χ2v) is 7.67. The number of hydrogen-bond donors (Lipinski definition) is 2. The van der Waals surface area contributed by atoms with E-state index in [-0.39, 0.29) is 0 Å². The average molecular weight is 435 g/mol. The van der Waals surface area contributed by atoms with Crippen LogP contribution < -0.4 is 10.1 Å². The quantitative estimate of drug-likeness (QED) is 0.408. The van der Waals surface area contributed by atoms with Crippen molar-refractivity contribution < 1.29 is 14.6 Å². The first-order chi connectivity index (χ1) is 15.6. The Morgan fingerprint density at radius 3 is 2.22 bits per heavy atom. The summed E-state index contributed by atoms with van der Waals surface area (Å²) < 4.78 is 5.70. The van der Waals surface area contributed by atoms with Crippen LogP contribution in [0.4, 0.5) is 0 Å². The molecule has 7 nitrogen and oxygen atoms in total. The van der Waals surface area contributed by atoms with Crippen molar-refractivity contribution in [2.75, 3.05) is 13.7 Å². The van der Waals surface area contributed by atoms with Gasteiger partial charge in [0.25, 0.3) is 0 Å². The highest BCUT2D eigenvalue weighted by Crippen LogP contribution is 2.22. The third-order valence-corrected chi connectivity index (χ3v) is 5.27. The molecule has 0 bridgehead atoms. The Morgan fingerprint density at radius 1 is 0.938 bits per heavy atom. The van der Waals surface area contributed by atoms with Gasteiger partial charge in [-0.3, -0.25) is 4.79 Å². The molecule has 1 aromatic carbocycles. The maximum absolute atomic E-state index is 11.2. The number of aliphatic carboxylic acids is 1. The molecule has 0 saturated carbocycles. The third kappa shape index (κ3) is 6.59. The van der Waals surface area contributed by atoms with Gasteiger partial charge in [0.15, 0.2) is 5.82 Å². The van der Waals surface area contributed by atoms with Crippen molar-refractivity contribution in [3.8, 4) is 28.4 Å². The highest BCUT2D eigenvalue weighted by Gasteiger charge is 2.15. The standard InChI is InChI=1S/C25H30N4O3/c1-3-4-5-6-13-32-23-12-11-20(15-27-23)21-16-28-24(29-17-21)19-9-7-18(8-10-19)14-22(26-2)25(30)31/h7-12,15-17,22,26H,3-6,13-14H2,1-2H3,(H,30,31). The maximum atomic E-state index is 11.2. The van der Waals surface area contributed by atoms with Gasteiger partial charge < -0.3 is 15.2 Å². The molecule has 7 heteroatoms. The van der Waals surface area contributed by atoms with E-state index in [0.717, 1.165) is 28.7 Å². The first-order valence-electron chi connectivity index (χ1n) is 11.0. The smallest absolute Gasteiger partial charge is 0.321 e. The zero-order chi connectivity index (χ0) is 22.8. The minimum absolute atomic E-state index is 0.414. The molecule has 1 atom stereocenters. The number of carbonyl (C=O) groups is 1. The van der Waals surface area contributed by atoms with E-state index < -0.39 is 12.0 Å². The predicted octanol–water partition coefficient (Wildman–Crippen LogP) is 4.38. The summed E-state index contributed by atoms with van der Waals surface area (Å²) in [7, 11) is 1.65. The summed E-state index contributed by atoms with van der Waals surface area (Å²) >= 11 is 0. The fourth-order valence-electron chi connectivity index (χ4n) is 3.31. The number of aromatic nitrogens is 3. The second kappa shape index (κ2) is 11.9. The number of nitrogens with one attached hydrogen (secondary N) is 1. The number of benzene rings is 1. The molecule has 32 heavy (non-hydrogen) atoms. The van der Waals surface area contributed by atoms with Gasteiger partial charge >= 0.3 is 5.97 Å². The summed E-state index contributed by atoms with van der Waals surface area (Å²) in [4.78, 5) is 24.5. The van der Waals surface area contributed by atoms with Crippen LogP contribution in [0, 0.1) is 0 Å². The van der Waals surface area contributed by atoms with Crippen molar-refractivity contribution >= 4 is 5.97 Å². The van der Waals surface area contributed by atoms with Gasteiger partial charge in [0.05, 0.1) is 6.61 Å². The van der Waals surface area contributed by atoms with E-state index in [9.17, 15) is 9.90 Å². The molecule has 168 valence electrons. The van der Waals surface area contributed by atoms with E-state index in [4.69, 9.17) is 4.74 Å². The molecule has 1 unspecified atom stereocenters. The van der Waals surface area contributed by atoms with Crippen LogP contribution in [0.3, 0.4) is 0 Å². The number of unbranched alkanes of at least 4 members (excludes halogenated alkanes) is 3. The zero-order valence-electron chi connectivity index (χ0n) is 18.6. The molecule has 0 fully saturated rings. The molecular weight excluding hydrogens is 404 g/mol. The van der Waals surface area contributed by atoms with Crippen LogP contribution in [0.15, 0.2) is 55.0 Å². The zero-order valence-corrected chi connectivity index (χ0v) is 18.6. The predicted molar refractivity (Wildman–Crippen MR) is 125 cm³/mol. The van der Waals surface area contributed by atoms with Crippen LogP contribution in [0.1, 0.15) is 38.2 Å². The molecule has 3 aromatic rings. The van der Waals surface area contributed by atoms with E-state index in [1.54, 1.807) is 25.6 Å². The number of rotatable bonds is 12. The van der Waals surface area contributed by atoms with Crippen molar-refractivity contribution in [2.24, 2.45) is 0 Å². The minimum atomic E-state index is -0.864. The van der Waals surface area contributed by atoms with Crippen molar-refractivity contribution in [1.29, 1.82) is 0 Å². The van der Waals surface area contributed by atoms with Gasteiger partial charge in [0.1, 0.15) is 6.04 Å². The number of likely N-dealkylation sites (N-methyl/N-ethyl adjacent to an activating group) is 1. The average Bonchev–Trinajstić information content (AvgIpc) is 2.83. The van der Waals surface area contributed by atoms with Crippen molar-refractivity contribution in [2.45, 2.75) is 45.1 Å². The van der Waals surface area contributed by atoms with Crippen LogP contribution >= 0.6 is 0 Å². The molecule has 0 aliphatic carbocycles. The van der Waals surface area contributed by atoms with Gasteiger partial charge in [-0.25, -0.2) is 15.0 Å². The van der Waals surface area contributed by atoms with Crippen molar-refractivity contribution in [3.05, 3.63) is 60.6 Å². The van der Waals surface area contributed by atoms with E-state index >= 15 is 0 Å². The van der Waals surface area contributed by atoms with Gasteiger partial charge in [-0.1, -0.05) is 50.5 Å². The molecule has 2 aromatic heterocycles. The summed E-state index contributed by atoms with van der Waals surface area (Å²) in [5, 5.41) is 12.0. The molecule has 0 amide bonds. The van der Waals surface area contributed by atoms with E-state index in [2.05, 4.69) is 27.2 Å². The molecule has 0 saturated heterocycles.